The number of ether oxygens (including phenoxy) is 2. The van der Waals surface area contributed by atoms with Gasteiger partial charge in [-0.25, -0.2) is 0 Å². The lowest BCUT2D eigenvalue weighted by molar-refractivity contribution is -0.0364. The summed E-state index contributed by atoms with van der Waals surface area (Å²) in [6, 6.07) is 5.17. The van der Waals surface area contributed by atoms with E-state index in [1.807, 2.05) is 13.8 Å². The van der Waals surface area contributed by atoms with Crippen molar-refractivity contribution in [3.05, 3.63) is 46.2 Å². The van der Waals surface area contributed by atoms with Crippen molar-refractivity contribution in [1.29, 1.82) is 0 Å². The molecule has 182 valence electrons. The lowest BCUT2D eigenvalue weighted by Gasteiger charge is -2.24. The molecule has 1 amide bonds. The molecule has 1 unspecified atom stereocenters. The number of carbonyl (C=O) groups is 1. The number of anilines is 1. The number of amides is 1. The third kappa shape index (κ3) is 6.13. The normalized spacial score (nSPS) is 20.8. The molecular formula is C25H29Cl2N3O4. The first kappa shape index (κ1) is 24.6. The van der Waals surface area contributed by atoms with Gasteiger partial charge in [0.1, 0.15) is 6.61 Å². The van der Waals surface area contributed by atoms with E-state index in [2.05, 4.69) is 15.5 Å². The van der Waals surface area contributed by atoms with Crippen molar-refractivity contribution in [3.8, 4) is 11.5 Å². The van der Waals surface area contributed by atoms with Crippen molar-refractivity contribution in [3.63, 3.8) is 0 Å². The van der Waals surface area contributed by atoms with Crippen molar-refractivity contribution >= 4 is 40.5 Å². The number of nitrogens with one attached hydrogen (secondary N) is 1. The maximum Gasteiger partial charge on any atom is 0.255 e. The first-order valence-corrected chi connectivity index (χ1v) is 12.3. The Bertz CT molecular complexity index is 1050. The van der Waals surface area contributed by atoms with Crippen LogP contribution in [0.5, 0.6) is 11.5 Å². The first-order valence-electron chi connectivity index (χ1n) is 11.6. The molecule has 1 atom stereocenters. The molecule has 9 heteroatoms. The van der Waals surface area contributed by atoms with Gasteiger partial charge in [-0.3, -0.25) is 9.78 Å². The van der Waals surface area contributed by atoms with Gasteiger partial charge in [0.2, 0.25) is 0 Å². The highest BCUT2D eigenvalue weighted by Gasteiger charge is 2.34. The fourth-order valence-corrected chi connectivity index (χ4v) is 4.68. The molecule has 0 bridgehead atoms. The number of oxime groups is 1. The molecule has 0 saturated heterocycles. The summed E-state index contributed by atoms with van der Waals surface area (Å²) in [5, 5.41) is 7.32. The first-order chi connectivity index (χ1) is 16.3. The summed E-state index contributed by atoms with van der Waals surface area (Å²) in [4.78, 5) is 22.5. The minimum Gasteiger partial charge on any atom is -0.487 e. The van der Waals surface area contributed by atoms with Crippen LogP contribution in [0.15, 0.2) is 35.7 Å². The summed E-state index contributed by atoms with van der Waals surface area (Å²) in [7, 11) is 0. The lowest BCUT2D eigenvalue weighted by atomic mass is 10.0. The highest BCUT2D eigenvalue weighted by atomic mass is 35.5. The summed E-state index contributed by atoms with van der Waals surface area (Å²) in [5.74, 6) is 0.726. The average Bonchev–Trinajstić information content (AvgIpc) is 2.98. The largest absolute Gasteiger partial charge is 0.487 e. The number of rotatable bonds is 7. The highest BCUT2D eigenvalue weighted by molar-refractivity contribution is 6.39. The Morgan fingerprint density at radius 3 is 2.50 bits per heavy atom. The molecule has 1 aliphatic carbocycles. The molecule has 1 aromatic carbocycles. The maximum atomic E-state index is 13.0. The number of nitrogens with zero attached hydrogens (tertiary/aromatic N) is 2. The van der Waals surface area contributed by atoms with E-state index in [9.17, 15) is 4.79 Å². The third-order valence-corrected chi connectivity index (χ3v) is 6.55. The Labute approximate surface area is 209 Å². The van der Waals surface area contributed by atoms with Gasteiger partial charge in [0.15, 0.2) is 17.1 Å². The van der Waals surface area contributed by atoms with Crippen LogP contribution in [0.3, 0.4) is 0 Å². The van der Waals surface area contributed by atoms with E-state index in [0.29, 0.717) is 29.2 Å². The van der Waals surface area contributed by atoms with Gasteiger partial charge >= 0.3 is 0 Å². The number of aromatic nitrogens is 1. The number of hydrogen-bond acceptors (Lipinski definition) is 6. The van der Waals surface area contributed by atoms with Gasteiger partial charge in [-0.05, 0) is 57.7 Å². The predicted molar refractivity (Wildman–Crippen MR) is 133 cm³/mol. The van der Waals surface area contributed by atoms with Crippen LogP contribution in [0.2, 0.25) is 10.0 Å². The smallest absolute Gasteiger partial charge is 0.255 e. The van der Waals surface area contributed by atoms with Crippen molar-refractivity contribution in [2.45, 2.75) is 70.5 Å². The molecule has 1 N–H and O–H groups in total. The molecule has 1 fully saturated rings. The quantitative estimate of drug-likeness (QED) is 0.424. The zero-order valence-corrected chi connectivity index (χ0v) is 20.9. The van der Waals surface area contributed by atoms with E-state index in [1.165, 1.54) is 25.2 Å². The van der Waals surface area contributed by atoms with Crippen LogP contribution in [-0.4, -0.2) is 34.9 Å². The second kappa shape index (κ2) is 10.8. The number of hydrogen-bond donors (Lipinski definition) is 1. The summed E-state index contributed by atoms with van der Waals surface area (Å²) in [6.45, 7) is 4.14. The monoisotopic (exact) mass is 505 g/mol. The molecule has 1 aliphatic heterocycles. The minimum atomic E-state index is -0.569. The molecule has 4 rings (SSSR count). The molecule has 0 radical (unpaired) electrons. The number of benzene rings is 1. The predicted octanol–water partition coefficient (Wildman–Crippen LogP) is 6.68. The van der Waals surface area contributed by atoms with E-state index >= 15 is 0 Å². The van der Waals surface area contributed by atoms with Gasteiger partial charge in [0, 0.05) is 24.4 Å². The number of halogens is 2. The molecule has 2 aliphatic rings. The van der Waals surface area contributed by atoms with Gasteiger partial charge in [-0.15, -0.1) is 0 Å². The molecule has 34 heavy (non-hydrogen) atoms. The molecule has 7 nitrogen and oxygen atoms in total. The number of carbonyl (C=O) groups excluding carboxylic acids is 1. The van der Waals surface area contributed by atoms with Gasteiger partial charge in [0.25, 0.3) is 5.91 Å². The fourth-order valence-electron chi connectivity index (χ4n) is 4.22. The fraction of sp³-hybridized carbons (Fsp3) is 0.480. The molecule has 0 spiro atoms. The zero-order chi connectivity index (χ0) is 24.1. The van der Waals surface area contributed by atoms with Gasteiger partial charge < -0.3 is 19.6 Å². The van der Waals surface area contributed by atoms with Crippen molar-refractivity contribution < 1.29 is 19.1 Å². The van der Waals surface area contributed by atoms with Crippen molar-refractivity contribution in [1.82, 2.24) is 4.98 Å². The van der Waals surface area contributed by atoms with Crippen molar-refractivity contribution in [2.75, 3.05) is 11.9 Å². The molecular weight excluding hydrogens is 477 g/mol. The minimum absolute atomic E-state index is 0.128. The molecule has 1 saturated carbocycles. The molecule has 2 aromatic rings. The Morgan fingerprint density at radius 2 is 1.85 bits per heavy atom. The molecule has 2 heterocycles. The lowest BCUT2D eigenvalue weighted by Crippen LogP contribution is -2.32. The Balaban J connectivity index is 1.55. The highest BCUT2D eigenvalue weighted by Crippen LogP contribution is 2.35. The second-order valence-corrected chi connectivity index (χ2v) is 9.97. The van der Waals surface area contributed by atoms with Gasteiger partial charge in [-0.2, -0.15) is 0 Å². The van der Waals surface area contributed by atoms with Crippen molar-refractivity contribution in [2.24, 2.45) is 5.16 Å². The summed E-state index contributed by atoms with van der Waals surface area (Å²) in [6.07, 6.45) is 10.4. The van der Waals surface area contributed by atoms with Crippen LogP contribution in [0.4, 0.5) is 5.69 Å². The summed E-state index contributed by atoms with van der Waals surface area (Å²) in [5.41, 5.74) is 1.04. The maximum absolute atomic E-state index is 13.0. The van der Waals surface area contributed by atoms with E-state index < -0.39 is 5.60 Å². The van der Waals surface area contributed by atoms with Crippen LogP contribution in [-0.2, 0) is 4.84 Å². The van der Waals surface area contributed by atoms with Crippen LogP contribution in [0.1, 0.15) is 69.2 Å². The second-order valence-electron chi connectivity index (χ2n) is 9.16. The standard InChI is InChI=1S/C25H29Cl2N3O4/c1-16-12-25(2,34-30-16)15-32-22-11-17(24(31)29-23-19(26)13-28-14-20(23)27)9-10-21(22)33-18-7-5-3-4-6-8-18/h9-11,13-14,18H,3-8,12,15H2,1-2H3,(H,28,29,31). The molecule has 1 aromatic heterocycles. The van der Waals surface area contributed by atoms with E-state index in [1.54, 1.807) is 18.2 Å². The van der Waals surface area contributed by atoms with Gasteiger partial charge in [0.05, 0.1) is 27.5 Å². The van der Waals surface area contributed by atoms with Crippen LogP contribution < -0.4 is 14.8 Å². The summed E-state index contributed by atoms with van der Waals surface area (Å²) >= 11 is 12.3. The van der Waals surface area contributed by atoms with Crippen LogP contribution >= 0.6 is 23.2 Å². The van der Waals surface area contributed by atoms with Crippen LogP contribution in [0, 0.1) is 0 Å². The Kier molecular flexibility index (Phi) is 7.84. The van der Waals surface area contributed by atoms with Crippen LogP contribution in [0.25, 0.3) is 0 Å². The topological polar surface area (TPSA) is 82.0 Å². The average molecular weight is 506 g/mol. The van der Waals surface area contributed by atoms with E-state index in [4.69, 9.17) is 37.5 Å². The van der Waals surface area contributed by atoms with E-state index in [-0.39, 0.29) is 28.7 Å². The SMILES string of the molecule is CC1=NOC(C)(COc2cc(C(=O)Nc3c(Cl)cncc3Cl)ccc2OC2CCCCCC2)C1. The zero-order valence-electron chi connectivity index (χ0n) is 19.4. The Morgan fingerprint density at radius 1 is 1.15 bits per heavy atom. The third-order valence-electron chi connectivity index (χ3n) is 5.98. The summed E-state index contributed by atoms with van der Waals surface area (Å²) < 4.78 is 12.5. The number of pyridine rings is 1. The van der Waals surface area contributed by atoms with Gasteiger partial charge in [-0.1, -0.05) is 41.2 Å². The Hall–Kier alpha value is -2.51. The van der Waals surface area contributed by atoms with E-state index in [0.717, 1.165) is 31.4 Å².